The van der Waals surface area contributed by atoms with Crippen LogP contribution in [0.4, 0.5) is 5.82 Å². The molecule has 3 rings (SSSR count). The molecule has 1 N–H and O–H groups in total. The van der Waals surface area contributed by atoms with Crippen molar-refractivity contribution in [3.63, 3.8) is 0 Å². The number of nitrogens with zero attached hydrogens (tertiary/aromatic N) is 2. The topological polar surface area (TPSA) is 37.8 Å². The first-order valence-electron chi connectivity index (χ1n) is 7.19. The molecule has 0 bridgehead atoms. The first-order chi connectivity index (χ1) is 10.2. The second-order valence-electron chi connectivity index (χ2n) is 5.36. The van der Waals surface area contributed by atoms with E-state index in [0.29, 0.717) is 10.9 Å². The summed E-state index contributed by atoms with van der Waals surface area (Å²) in [6.07, 6.45) is 5.05. The summed E-state index contributed by atoms with van der Waals surface area (Å²) in [7, 11) is 1.89. The van der Waals surface area contributed by atoms with Crippen molar-refractivity contribution in [1.29, 1.82) is 0 Å². The third-order valence-corrected chi connectivity index (χ3v) is 5.17. The molecule has 0 amide bonds. The zero-order valence-corrected chi connectivity index (χ0v) is 14.2. The molecule has 1 aliphatic carbocycles. The van der Waals surface area contributed by atoms with Gasteiger partial charge in [-0.3, -0.25) is 0 Å². The Balaban J connectivity index is 2.04. The fraction of sp³-hybridized carbons (Fsp3) is 0.375. The average Bonchev–Trinajstić information content (AvgIpc) is 3.04. The molecule has 5 heteroatoms. The molecule has 1 fully saturated rings. The molecule has 0 saturated heterocycles. The van der Waals surface area contributed by atoms with Gasteiger partial charge in [0.1, 0.15) is 5.82 Å². The van der Waals surface area contributed by atoms with Gasteiger partial charge in [-0.05, 0) is 47.0 Å². The van der Waals surface area contributed by atoms with Crippen molar-refractivity contribution >= 4 is 33.3 Å². The standard InChI is InChI=1S/C16H17BrClN3/c1-19-15-9-14(10-4-2-3-5-10)20-16(21-15)11-6-7-13(18)12(17)8-11/h6-10H,2-5H2,1H3,(H,19,20,21). The Bertz CT molecular complexity index is 654. The fourth-order valence-corrected chi connectivity index (χ4v) is 3.29. The first kappa shape index (κ1) is 14.8. The van der Waals surface area contributed by atoms with E-state index in [2.05, 4.69) is 32.3 Å². The van der Waals surface area contributed by atoms with Gasteiger partial charge < -0.3 is 5.32 Å². The average molecular weight is 367 g/mol. The molecule has 1 aromatic heterocycles. The van der Waals surface area contributed by atoms with Crippen LogP contribution in [0.15, 0.2) is 28.7 Å². The fourth-order valence-electron chi connectivity index (χ4n) is 2.79. The molecule has 1 aromatic carbocycles. The van der Waals surface area contributed by atoms with Gasteiger partial charge in [0.2, 0.25) is 0 Å². The smallest absolute Gasteiger partial charge is 0.161 e. The van der Waals surface area contributed by atoms with Gasteiger partial charge in [0, 0.05) is 34.8 Å². The zero-order chi connectivity index (χ0) is 14.8. The maximum absolute atomic E-state index is 6.06. The van der Waals surface area contributed by atoms with Gasteiger partial charge in [0.05, 0.1) is 5.02 Å². The molecular formula is C16H17BrClN3. The van der Waals surface area contributed by atoms with Crippen LogP contribution in [0.5, 0.6) is 0 Å². The Morgan fingerprint density at radius 2 is 1.95 bits per heavy atom. The number of benzene rings is 1. The second-order valence-corrected chi connectivity index (χ2v) is 6.62. The summed E-state index contributed by atoms with van der Waals surface area (Å²) in [5.74, 6) is 2.18. The van der Waals surface area contributed by atoms with E-state index < -0.39 is 0 Å². The molecule has 1 aliphatic rings. The summed E-state index contributed by atoms with van der Waals surface area (Å²) in [4.78, 5) is 9.37. The predicted molar refractivity (Wildman–Crippen MR) is 90.9 cm³/mol. The molecule has 0 spiro atoms. The molecule has 0 radical (unpaired) electrons. The van der Waals surface area contributed by atoms with Gasteiger partial charge in [-0.1, -0.05) is 24.4 Å². The number of anilines is 1. The summed E-state index contributed by atoms with van der Waals surface area (Å²) >= 11 is 9.52. The molecule has 0 atom stereocenters. The Hall–Kier alpha value is -1.13. The molecule has 0 unspecified atom stereocenters. The van der Waals surface area contributed by atoms with Crippen molar-refractivity contribution in [3.8, 4) is 11.4 Å². The quantitative estimate of drug-likeness (QED) is 0.805. The molecule has 21 heavy (non-hydrogen) atoms. The SMILES string of the molecule is CNc1cc(C2CCCC2)nc(-c2ccc(Cl)c(Br)c2)n1. The van der Waals surface area contributed by atoms with Crippen molar-refractivity contribution in [2.24, 2.45) is 0 Å². The van der Waals surface area contributed by atoms with Crippen molar-refractivity contribution < 1.29 is 0 Å². The van der Waals surface area contributed by atoms with Crippen LogP contribution in [-0.4, -0.2) is 17.0 Å². The summed E-state index contributed by atoms with van der Waals surface area (Å²) in [5, 5.41) is 3.83. The number of halogens is 2. The van der Waals surface area contributed by atoms with Crippen molar-refractivity contribution in [2.45, 2.75) is 31.6 Å². The van der Waals surface area contributed by atoms with Crippen LogP contribution < -0.4 is 5.32 Å². The lowest BCUT2D eigenvalue weighted by Crippen LogP contribution is -2.03. The van der Waals surface area contributed by atoms with Crippen LogP contribution >= 0.6 is 27.5 Å². The van der Waals surface area contributed by atoms with Crippen LogP contribution in [0.2, 0.25) is 5.02 Å². The van der Waals surface area contributed by atoms with Gasteiger partial charge in [-0.15, -0.1) is 0 Å². The number of hydrogen-bond acceptors (Lipinski definition) is 3. The molecule has 1 heterocycles. The minimum Gasteiger partial charge on any atom is -0.373 e. The van der Waals surface area contributed by atoms with Crippen LogP contribution in [0.3, 0.4) is 0 Å². The number of nitrogens with one attached hydrogen (secondary N) is 1. The highest BCUT2D eigenvalue weighted by molar-refractivity contribution is 9.10. The highest BCUT2D eigenvalue weighted by Crippen LogP contribution is 2.35. The van der Waals surface area contributed by atoms with E-state index >= 15 is 0 Å². The number of aromatic nitrogens is 2. The minimum absolute atomic E-state index is 0.564. The van der Waals surface area contributed by atoms with E-state index in [4.69, 9.17) is 16.6 Å². The van der Waals surface area contributed by atoms with E-state index in [1.54, 1.807) is 0 Å². The molecule has 2 aromatic rings. The third kappa shape index (κ3) is 3.22. The maximum Gasteiger partial charge on any atom is 0.161 e. The van der Waals surface area contributed by atoms with Crippen LogP contribution in [0.1, 0.15) is 37.3 Å². The summed E-state index contributed by atoms with van der Waals surface area (Å²) in [6.45, 7) is 0. The predicted octanol–water partition coefficient (Wildman–Crippen LogP) is 5.26. The maximum atomic E-state index is 6.06. The lowest BCUT2D eigenvalue weighted by Gasteiger charge is -2.12. The lowest BCUT2D eigenvalue weighted by atomic mass is 10.0. The third-order valence-electron chi connectivity index (χ3n) is 3.95. The van der Waals surface area contributed by atoms with Crippen LogP contribution in [0, 0.1) is 0 Å². The monoisotopic (exact) mass is 365 g/mol. The van der Waals surface area contributed by atoms with E-state index in [-0.39, 0.29) is 0 Å². The van der Waals surface area contributed by atoms with Crippen molar-refractivity contribution in [1.82, 2.24) is 9.97 Å². The second kappa shape index (κ2) is 6.32. The zero-order valence-electron chi connectivity index (χ0n) is 11.9. The number of hydrogen-bond donors (Lipinski definition) is 1. The highest BCUT2D eigenvalue weighted by atomic mass is 79.9. The molecule has 1 saturated carbocycles. The van der Waals surface area contributed by atoms with E-state index in [9.17, 15) is 0 Å². The first-order valence-corrected chi connectivity index (χ1v) is 8.36. The Morgan fingerprint density at radius 1 is 1.19 bits per heavy atom. The van der Waals surface area contributed by atoms with Gasteiger partial charge in [-0.2, -0.15) is 0 Å². The van der Waals surface area contributed by atoms with Crippen molar-refractivity contribution in [2.75, 3.05) is 12.4 Å². The number of rotatable bonds is 3. The van der Waals surface area contributed by atoms with Gasteiger partial charge in [0.15, 0.2) is 5.82 Å². The van der Waals surface area contributed by atoms with E-state index in [1.807, 2.05) is 25.2 Å². The van der Waals surface area contributed by atoms with Crippen molar-refractivity contribution in [3.05, 3.63) is 39.5 Å². The Morgan fingerprint density at radius 3 is 2.62 bits per heavy atom. The summed E-state index contributed by atoms with van der Waals surface area (Å²) < 4.78 is 0.863. The van der Waals surface area contributed by atoms with Crippen LogP contribution in [-0.2, 0) is 0 Å². The normalized spacial score (nSPS) is 15.4. The molecule has 110 valence electrons. The largest absolute Gasteiger partial charge is 0.373 e. The van der Waals surface area contributed by atoms with Gasteiger partial charge in [-0.25, -0.2) is 9.97 Å². The highest BCUT2D eigenvalue weighted by Gasteiger charge is 2.20. The van der Waals surface area contributed by atoms with Gasteiger partial charge >= 0.3 is 0 Å². The Kier molecular flexibility index (Phi) is 4.45. The molecule has 3 nitrogen and oxygen atoms in total. The Labute approximate surface area is 138 Å². The van der Waals surface area contributed by atoms with E-state index in [0.717, 1.165) is 27.4 Å². The lowest BCUT2D eigenvalue weighted by molar-refractivity contribution is 0.696. The molecule has 0 aliphatic heterocycles. The van der Waals surface area contributed by atoms with Gasteiger partial charge in [0.25, 0.3) is 0 Å². The minimum atomic E-state index is 0.564. The van der Waals surface area contributed by atoms with Crippen LogP contribution in [0.25, 0.3) is 11.4 Å². The summed E-state index contributed by atoms with van der Waals surface area (Å²) in [5.41, 5.74) is 2.12. The van der Waals surface area contributed by atoms with E-state index in [1.165, 1.54) is 25.7 Å². The summed E-state index contributed by atoms with van der Waals surface area (Å²) in [6, 6.07) is 7.87. The molecular weight excluding hydrogens is 350 g/mol.